The van der Waals surface area contributed by atoms with E-state index in [9.17, 15) is 14.4 Å². The van der Waals surface area contributed by atoms with E-state index in [0.717, 1.165) is 13.1 Å². The van der Waals surface area contributed by atoms with Crippen molar-refractivity contribution in [3.8, 4) is 5.75 Å². The third-order valence-electron chi connectivity index (χ3n) is 6.39. The van der Waals surface area contributed by atoms with Crippen LogP contribution in [0.4, 0.5) is 11.4 Å². The quantitative estimate of drug-likeness (QED) is 0.676. The molecule has 0 saturated carbocycles. The Hall–Kier alpha value is -3.35. The second-order valence-corrected chi connectivity index (χ2v) is 8.31. The van der Waals surface area contributed by atoms with Crippen molar-refractivity contribution in [2.45, 2.75) is 27.2 Å². The van der Waals surface area contributed by atoms with Crippen LogP contribution in [0.2, 0.25) is 0 Å². The van der Waals surface area contributed by atoms with Gasteiger partial charge in [0.05, 0.1) is 5.69 Å². The number of carbonyl (C=O) groups is 3. The predicted molar refractivity (Wildman–Crippen MR) is 124 cm³/mol. The van der Waals surface area contributed by atoms with Crippen LogP contribution in [0.5, 0.6) is 5.75 Å². The number of hydrogen-bond donors (Lipinski definition) is 0. The summed E-state index contributed by atoms with van der Waals surface area (Å²) in [6.07, 6.45) is 0.372. The van der Waals surface area contributed by atoms with Crippen LogP contribution >= 0.6 is 0 Å². The lowest BCUT2D eigenvalue weighted by Gasteiger charge is -2.38. The maximum Gasteiger partial charge on any atom is 0.265 e. The first-order valence-corrected chi connectivity index (χ1v) is 11.1. The molecule has 2 heterocycles. The summed E-state index contributed by atoms with van der Waals surface area (Å²) in [5.74, 6) is 0.129. The van der Waals surface area contributed by atoms with Gasteiger partial charge in [0.25, 0.3) is 5.91 Å². The highest BCUT2D eigenvalue weighted by atomic mass is 16.5. The van der Waals surface area contributed by atoms with Crippen molar-refractivity contribution in [1.82, 2.24) is 4.90 Å². The maximum atomic E-state index is 13.1. The molecule has 7 nitrogen and oxygen atoms in total. The summed E-state index contributed by atoms with van der Waals surface area (Å²) in [5.41, 5.74) is 4.74. The Balaban J connectivity index is 1.45. The molecule has 1 saturated heterocycles. The van der Waals surface area contributed by atoms with E-state index in [1.165, 1.54) is 21.7 Å². The monoisotopic (exact) mass is 435 g/mol. The van der Waals surface area contributed by atoms with Gasteiger partial charge in [0.15, 0.2) is 12.4 Å². The fraction of sp³-hybridized carbons (Fsp3) is 0.400. The first kappa shape index (κ1) is 21.9. The van der Waals surface area contributed by atoms with E-state index in [4.69, 9.17) is 4.74 Å². The van der Waals surface area contributed by atoms with Gasteiger partial charge in [0.2, 0.25) is 5.91 Å². The Morgan fingerprint density at radius 3 is 2.47 bits per heavy atom. The Bertz CT molecular complexity index is 1060. The van der Waals surface area contributed by atoms with E-state index in [0.29, 0.717) is 36.5 Å². The number of fused-ring (bicyclic) bond motifs is 1. The van der Waals surface area contributed by atoms with Crippen LogP contribution in [0, 0.1) is 13.8 Å². The average Bonchev–Trinajstić information content (AvgIpc) is 2.82. The molecule has 2 aliphatic heterocycles. The predicted octanol–water partition coefficient (Wildman–Crippen LogP) is 2.97. The molecule has 32 heavy (non-hydrogen) atoms. The molecule has 0 aromatic heterocycles. The third-order valence-corrected chi connectivity index (χ3v) is 6.39. The zero-order valence-corrected chi connectivity index (χ0v) is 18.9. The number of benzene rings is 2. The van der Waals surface area contributed by atoms with Gasteiger partial charge in [-0.2, -0.15) is 0 Å². The fourth-order valence-electron chi connectivity index (χ4n) is 4.26. The van der Waals surface area contributed by atoms with Crippen molar-refractivity contribution in [1.29, 1.82) is 0 Å². The van der Waals surface area contributed by atoms with Gasteiger partial charge in [-0.3, -0.25) is 19.3 Å². The molecule has 168 valence electrons. The van der Waals surface area contributed by atoms with Crippen LogP contribution in [0.15, 0.2) is 36.4 Å². The number of ether oxygens (including phenoxy) is 1. The molecule has 0 spiro atoms. The normalized spacial score (nSPS) is 16.0. The molecule has 0 unspecified atom stereocenters. The fourth-order valence-corrected chi connectivity index (χ4v) is 4.26. The van der Waals surface area contributed by atoms with E-state index >= 15 is 0 Å². The molecular weight excluding hydrogens is 406 g/mol. The molecule has 2 aromatic carbocycles. The van der Waals surface area contributed by atoms with Crippen molar-refractivity contribution in [2.24, 2.45) is 0 Å². The lowest BCUT2D eigenvalue weighted by atomic mass is 10.1. The van der Waals surface area contributed by atoms with Crippen LogP contribution in [-0.4, -0.2) is 61.8 Å². The van der Waals surface area contributed by atoms with Crippen LogP contribution in [0.1, 0.15) is 34.8 Å². The Kier molecular flexibility index (Phi) is 6.17. The number of piperazine rings is 1. The molecule has 4 rings (SSSR count). The number of carbonyl (C=O) groups excluding carboxylic acids is 3. The Labute approximate surface area is 188 Å². The van der Waals surface area contributed by atoms with E-state index in [-0.39, 0.29) is 30.7 Å². The van der Waals surface area contributed by atoms with Crippen LogP contribution in [0.3, 0.4) is 0 Å². The zero-order chi connectivity index (χ0) is 22.8. The molecule has 0 atom stereocenters. The second-order valence-electron chi connectivity index (χ2n) is 8.31. The summed E-state index contributed by atoms with van der Waals surface area (Å²) in [6.45, 7) is 8.57. The minimum atomic E-state index is -0.277. The first-order chi connectivity index (χ1) is 15.4. The minimum Gasteiger partial charge on any atom is -0.482 e. The third kappa shape index (κ3) is 4.20. The van der Waals surface area contributed by atoms with Crippen molar-refractivity contribution in [3.05, 3.63) is 53.1 Å². The van der Waals surface area contributed by atoms with Crippen LogP contribution in [0.25, 0.3) is 0 Å². The summed E-state index contributed by atoms with van der Waals surface area (Å²) in [7, 11) is 0. The highest BCUT2D eigenvalue weighted by Crippen LogP contribution is 2.33. The van der Waals surface area contributed by atoms with E-state index in [1.54, 1.807) is 25.1 Å². The van der Waals surface area contributed by atoms with E-state index in [1.807, 2.05) is 4.90 Å². The number of anilines is 2. The van der Waals surface area contributed by atoms with Gasteiger partial charge in [-0.05, 0) is 49.2 Å². The summed E-state index contributed by atoms with van der Waals surface area (Å²) < 4.78 is 5.51. The van der Waals surface area contributed by atoms with Crippen molar-refractivity contribution < 1.29 is 19.1 Å². The zero-order valence-electron chi connectivity index (χ0n) is 18.9. The largest absolute Gasteiger partial charge is 0.482 e. The SMILES string of the molecule is CCC(=O)c1ccc2c(c1)N(CC(=O)N1CCN(c3cccc(C)c3C)CC1)C(=O)CO2. The van der Waals surface area contributed by atoms with Gasteiger partial charge < -0.3 is 14.5 Å². The molecule has 0 bridgehead atoms. The van der Waals surface area contributed by atoms with Crippen molar-refractivity contribution >= 4 is 29.0 Å². The lowest BCUT2D eigenvalue weighted by molar-refractivity contribution is -0.132. The molecule has 1 fully saturated rings. The molecule has 7 heteroatoms. The van der Waals surface area contributed by atoms with Crippen LogP contribution < -0.4 is 14.5 Å². The molecule has 0 radical (unpaired) electrons. The number of Topliss-reactive ketones (excluding diaryl/α,β-unsaturated/α-hetero) is 1. The Morgan fingerprint density at radius 1 is 1.00 bits per heavy atom. The smallest absolute Gasteiger partial charge is 0.265 e. The van der Waals surface area contributed by atoms with Gasteiger partial charge in [0.1, 0.15) is 12.3 Å². The topological polar surface area (TPSA) is 70.2 Å². The van der Waals surface area contributed by atoms with Crippen molar-refractivity contribution in [3.63, 3.8) is 0 Å². The first-order valence-electron chi connectivity index (χ1n) is 11.1. The second kappa shape index (κ2) is 9.02. The minimum absolute atomic E-state index is 0.0142. The van der Waals surface area contributed by atoms with Gasteiger partial charge in [-0.25, -0.2) is 0 Å². The van der Waals surface area contributed by atoms with Gasteiger partial charge >= 0.3 is 0 Å². The summed E-state index contributed by atoms with van der Waals surface area (Å²) in [6, 6.07) is 11.4. The number of nitrogens with zero attached hydrogens (tertiary/aromatic N) is 3. The van der Waals surface area contributed by atoms with Crippen LogP contribution in [-0.2, 0) is 9.59 Å². The van der Waals surface area contributed by atoms with Gasteiger partial charge in [-0.1, -0.05) is 19.1 Å². The standard InChI is InChI=1S/C25H29N3O4/c1-4-22(29)19-8-9-23-21(14-19)28(25(31)16-32-23)15-24(30)27-12-10-26(11-13-27)20-7-5-6-17(2)18(20)3/h5-9,14H,4,10-13,15-16H2,1-3H3. The molecule has 2 aromatic rings. The number of hydrogen-bond acceptors (Lipinski definition) is 5. The number of amides is 2. The number of rotatable bonds is 5. The highest BCUT2D eigenvalue weighted by molar-refractivity contribution is 6.04. The van der Waals surface area contributed by atoms with Crippen molar-refractivity contribution in [2.75, 3.05) is 49.1 Å². The molecule has 0 N–H and O–H groups in total. The lowest BCUT2D eigenvalue weighted by Crippen LogP contribution is -2.53. The maximum absolute atomic E-state index is 13.1. The molecular formula is C25H29N3O4. The summed E-state index contributed by atoms with van der Waals surface area (Å²) >= 11 is 0. The molecule has 0 aliphatic carbocycles. The summed E-state index contributed by atoms with van der Waals surface area (Å²) in [4.78, 5) is 43.3. The van der Waals surface area contributed by atoms with E-state index in [2.05, 4.69) is 36.9 Å². The van der Waals surface area contributed by atoms with E-state index < -0.39 is 0 Å². The van der Waals surface area contributed by atoms with Gasteiger partial charge in [-0.15, -0.1) is 0 Å². The highest BCUT2D eigenvalue weighted by Gasteiger charge is 2.31. The van der Waals surface area contributed by atoms with Gasteiger partial charge in [0, 0.05) is 43.9 Å². The number of aryl methyl sites for hydroxylation is 1. The molecule has 2 amide bonds. The summed E-state index contributed by atoms with van der Waals surface area (Å²) in [5, 5.41) is 0. The Morgan fingerprint density at radius 2 is 1.75 bits per heavy atom. The average molecular weight is 436 g/mol. The molecule has 2 aliphatic rings. The number of ketones is 1.